The van der Waals surface area contributed by atoms with Crippen LogP contribution in [0.25, 0.3) is 0 Å². The van der Waals surface area contributed by atoms with Gasteiger partial charge in [0.1, 0.15) is 18.1 Å². The Kier molecular flexibility index (Phi) is 6.67. The summed E-state index contributed by atoms with van der Waals surface area (Å²) in [6.07, 6.45) is -0.205. The Morgan fingerprint density at radius 1 is 1.17 bits per heavy atom. The number of carbonyl (C=O) groups is 1. The zero-order valence-corrected chi connectivity index (χ0v) is 16.9. The second-order valence-corrected chi connectivity index (χ2v) is 7.14. The van der Waals surface area contributed by atoms with Crippen LogP contribution in [0, 0.1) is 13.8 Å². The Labute approximate surface area is 170 Å². The van der Waals surface area contributed by atoms with Crippen molar-refractivity contribution in [2.24, 2.45) is 0 Å². The van der Waals surface area contributed by atoms with Crippen molar-refractivity contribution in [2.75, 3.05) is 0 Å². The van der Waals surface area contributed by atoms with Crippen LogP contribution in [0.3, 0.4) is 0 Å². The van der Waals surface area contributed by atoms with E-state index in [9.17, 15) is 9.90 Å². The molecule has 2 aromatic carbocycles. The first-order valence-corrected chi connectivity index (χ1v) is 9.61. The summed E-state index contributed by atoms with van der Waals surface area (Å²) in [7, 11) is 0. The Bertz CT molecular complexity index is 933. The highest BCUT2D eigenvalue weighted by Gasteiger charge is 2.18. The Hall–Kier alpha value is -3.12. The van der Waals surface area contributed by atoms with Gasteiger partial charge >= 0.3 is 0 Å². The number of aliphatic hydroxyl groups excluding tert-OH is 1. The summed E-state index contributed by atoms with van der Waals surface area (Å²) in [5, 5.41) is 17.2. The van der Waals surface area contributed by atoms with Gasteiger partial charge in [-0.25, -0.2) is 0 Å². The molecule has 0 bridgehead atoms. The zero-order valence-electron chi connectivity index (χ0n) is 16.9. The lowest BCUT2D eigenvalue weighted by Gasteiger charge is -2.20. The smallest absolute Gasteiger partial charge is 0.251 e. The predicted molar refractivity (Wildman–Crippen MR) is 110 cm³/mol. The molecule has 0 aliphatic rings. The Balaban J connectivity index is 1.58. The van der Waals surface area contributed by atoms with E-state index in [-0.39, 0.29) is 5.91 Å². The predicted octanol–water partition coefficient (Wildman–Crippen LogP) is 3.59. The number of aryl methyl sites for hydroxylation is 2. The maximum absolute atomic E-state index is 12.6. The van der Waals surface area contributed by atoms with Crippen molar-refractivity contribution in [3.63, 3.8) is 0 Å². The molecule has 3 rings (SSSR count). The van der Waals surface area contributed by atoms with E-state index in [1.807, 2.05) is 44.2 Å². The number of aromatic nitrogens is 1. The lowest BCUT2D eigenvalue weighted by Crippen LogP contribution is -2.42. The van der Waals surface area contributed by atoms with E-state index in [0.717, 1.165) is 22.6 Å². The molecule has 0 aliphatic carbocycles. The second kappa shape index (κ2) is 9.39. The molecule has 1 heterocycles. The molecule has 0 aliphatic heterocycles. The minimum atomic E-state index is -0.680. The average Bonchev–Trinajstić information content (AvgIpc) is 3.04. The number of hydrogen-bond donors (Lipinski definition) is 2. The topological polar surface area (TPSA) is 84.6 Å². The monoisotopic (exact) mass is 394 g/mol. The molecule has 0 unspecified atom stereocenters. The van der Waals surface area contributed by atoms with Crippen molar-refractivity contribution in [3.8, 4) is 5.75 Å². The normalized spacial score (nSPS) is 13.0. The van der Waals surface area contributed by atoms with Crippen molar-refractivity contribution in [1.82, 2.24) is 10.5 Å². The SMILES string of the molecule is Cc1noc(C)c1COc1cccc(C(=O)N[C@@H](C)[C@@H](O)Cc2ccccc2)c1. The van der Waals surface area contributed by atoms with Gasteiger partial charge in [-0.1, -0.05) is 41.6 Å². The first-order valence-electron chi connectivity index (χ1n) is 9.61. The van der Waals surface area contributed by atoms with Crippen LogP contribution in [0.2, 0.25) is 0 Å². The fraction of sp³-hybridized carbons (Fsp3) is 0.304. The number of benzene rings is 2. The third-order valence-corrected chi connectivity index (χ3v) is 4.88. The van der Waals surface area contributed by atoms with Gasteiger partial charge in [0.2, 0.25) is 0 Å². The van der Waals surface area contributed by atoms with Gasteiger partial charge in [-0.05, 0) is 44.5 Å². The number of nitrogens with one attached hydrogen (secondary N) is 1. The fourth-order valence-corrected chi connectivity index (χ4v) is 3.01. The summed E-state index contributed by atoms with van der Waals surface area (Å²) in [6, 6.07) is 16.3. The number of aliphatic hydroxyl groups is 1. The molecule has 0 saturated carbocycles. The third kappa shape index (κ3) is 5.45. The van der Waals surface area contributed by atoms with Gasteiger partial charge in [0.25, 0.3) is 5.91 Å². The summed E-state index contributed by atoms with van der Waals surface area (Å²) >= 11 is 0. The summed E-state index contributed by atoms with van der Waals surface area (Å²) in [6.45, 7) is 5.81. The van der Waals surface area contributed by atoms with Crippen LogP contribution in [0.1, 0.15) is 39.9 Å². The molecule has 1 amide bonds. The van der Waals surface area contributed by atoms with Gasteiger partial charge in [0.15, 0.2) is 0 Å². The number of rotatable bonds is 8. The fourth-order valence-electron chi connectivity index (χ4n) is 3.01. The van der Waals surface area contributed by atoms with Crippen LogP contribution < -0.4 is 10.1 Å². The highest BCUT2D eigenvalue weighted by molar-refractivity contribution is 5.94. The van der Waals surface area contributed by atoms with Crippen LogP contribution in [0.15, 0.2) is 59.1 Å². The minimum absolute atomic E-state index is 0.257. The Morgan fingerprint density at radius 3 is 2.62 bits per heavy atom. The van der Waals surface area contributed by atoms with Crippen molar-refractivity contribution in [3.05, 3.63) is 82.7 Å². The van der Waals surface area contributed by atoms with Crippen LogP contribution in [0.4, 0.5) is 0 Å². The van der Waals surface area contributed by atoms with Gasteiger partial charge < -0.3 is 19.7 Å². The molecule has 152 valence electrons. The van der Waals surface area contributed by atoms with E-state index >= 15 is 0 Å². The molecule has 2 N–H and O–H groups in total. The second-order valence-electron chi connectivity index (χ2n) is 7.14. The van der Waals surface area contributed by atoms with Crippen LogP contribution in [-0.4, -0.2) is 28.3 Å². The molecule has 0 spiro atoms. The quantitative estimate of drug-likeness (QED) is 0.610. The van der Waals surface area contributed by atoms with Gasteiger partial charge in [-0.2, -0.15) is 0 Å². The molecule has 0 radical (unpaired) electrons. The minimum Gasteiger partial charge on any atom is -0.489 e. The van der Waals surface area contributed by atoms with E-state index in [4.69, 9.17) is 9.26 Å². The van der Waals surface area contributed by atoms with E-state index < -0.39 is 12.1 Å². The van der Waals surface area contributed by atoms with Gasteiger partial charge in [-0.15, -0.1) is 0 Å². The molecule has 6 nitrogen and oxygen atoms in total. The zero-order chi connectivity index (χ0) is 20.8. The molecule has 0 saturated heterocycles. The van der Waals surface area contributed by atoms with E-state index in [1.165, 1.54) is 0 Å². The molecule has 6 heteroatoms. The highest BCUT2D eigenvalue weighted by atomic mass is 16.5. The van der Waals surface area contributed by atoms with Gasteiger partial charge in [-0.3, -0.25) is 4.79 Å². The van der Waals surface area contributed by atoms with Crippen molar-refractivity contribution >= 4 is 5.91 Å². The Morgan fingerprint density at radius 2 is 1.93 bits per heavy atom. The summed E-state index contributed by atoms with van der Waals surface area (Å²) in [5.74, 6) is 1.04. The van der Waals surface area contributed by atoms with Crippen molar-refractivity contribution in [1.29, 1.82) is 0 Å². The number of ether oxygens (including phenoxy) is 1. The van der Waals surface area contributed by atoms with Crippen molar-refractivity contribution in [2.45, 2.75) is 45.9 Å². The van der Waals surface area contributed by atoms with E-state index in [1.54, 1.807) is 31.2 Å². The van der Waals surface area contributed by atoms with Crippen molar-refractivity contribution < 1.29 is 19.2 Å². The summed E-state index contributed by atoms with van der Waals surface area (Å²) < 4.78 is 10.9. The standard InChI is InChI=1S/C23H26N2O4/c1-15-21(17(3)29-25-15)14-28-20-11-7-10-19(13-20)23(27)24-16(2)22(26)12-18-8-5-4-6-9-18/h4-11,13,16,22,26H,12,14H2,1-3H3,(H,24,27)/t16-,22-/m0/s1. The highest BCUT2D eigenvalue weighted by Crippen LogP contribution is 2.19. The average molecular weight is 394 g/mol. The molecule has 1 aromatic heterocycles. The lowest BCUT2D eigenvalue weighted by molar-refractivity contribution is 0.0851. The van der Waals surface area contributed by atoms with E-state index in [2.05, 4.69) is 10.5 Å². The first kappa shape index (κ1) is 20.6. The molecular weight excluding hydrogens is 368 g/mol. The number of amides is 1. The first-order chi connectivity index (χ1) is 13.9. The molecule has 2 atom stereocenters. The van der Waals surface area contributed by atoms with Gasteiger partial charge in [0, 0.05) is 12.0 Å². The number of nitrogens with zero attached hydrogens (tertiary/aromatic N) is 1. The molecular formula is C23H26N2O4. The maximum Gasteiger partial charge on any atom is 0.251 e. The summed E-state index contributed by atoms with van der Waals surface area (Å²) in [4.78, 5) is 12.6. The van der Waals surface area contributed by atoms with Crippen LogP contribution in [-0.2, 0) is 13.0 Å². The largest absolute Gasteiger partial charge is 0.489 e. The molecule has 3 aromatic rings. The van der Waals surface area contributed by atoms with Gasteiger partial charge in [0.05, 0.1) is 23.4 Å². The lowest BCUT2D eigenvalue weighted by atomic mass is 10.0. The molecule has 0 fully saturated rings. The van der Waals surface area contributed by atoms with Crippen LogP contribution >= 0.6 is 0 Å². The third-order valence-electron chi connectivity index (χ3n) is 4.88. The maximum atomic E-state index is 12.6. The van der Waals surface area contributed by atoms with Crippen LogP contribution in [0.5, 0.6) is 5.75 Å². The number of carbonyl (C=O) groups excluding carboxylic acids is 1. The summed E-state index contributed by atoms with van der Waals surface area (Å²) in [5.41, 5.74) is 3.19. The number of hydrogen-bond acceptors (Lipinski definition) is 5. The molecule has 29 heavy (non-hydrogen) atoms. The van der Waals surface area contributed by atoms with E-state index in [0.29, 0.717) is 24.3 Å².